The van der Waals surface area contributed by atoms with Crippen LogP contribution in [0.25, 0.3) is 6.08 Å². The molecule has 0 aliphatic carbocycles. The van der Waals surface area contributed by atoms with Crippen LogP contribution in [0.1, 0.15) is 5.56 Å². The van der Waals surface area contributed by atoms with Gasteiger partial charge in [0, 0.05) is 0 Å². The second-order valence-corrected chi connectivity index (χ2v) is 8.28. The summed E-state index contributed by atoms with van der Waals surface area (Å²) in [6, 6.07) is 0.875. The van der Waals surface area contributed by atoms with Crippen molar-refractivity contribution in [2.75, 3.05) is 0 Å². The van der Waals surface area contributed by atoms with Crippen molar-refractivity contribution in [3.63, 3.8) is 0 Å². The quantitative estimate of drug-likeness (QED) is 0.260. The second-order valence-electron chi connectivity index (χ2n) is 6.05. The first-order valence-electron chi connectivity index (χ1n) is 7.37. The monoisotopic (exact) mass is 606 g/mol. The third kappa shape index (κ3) is 4.20. The van der Waals surface area contributed by atoms with E-state index in [4.69, 9.17) is 0 Å². The van der Waals surface area contributed by atoms with E-state index in [-0.39, 0.29) is 9.86 Å². The van der Waals surface area contributed by atoms with Gasteiger partial charge in [0.05, 0.1) is 3.79 Å². The van der Waals surface area contributed by atoms with Crippen LogP contribution in [0.4, 0.5) is 74.6 Å². The highest BCUT2D eigenvalue weighted by atomic mass is 79.9. The molecule has 0 aromatic carbocycles. The maximum absolute atomic E-state index is 13.6. The molecule has 0 unspecified atom stereocenters. The molecule has 0 fully saturated rings. The van der Waals surface area contributed by atoms with E-state index in [2.05, 4.69) is 15.9 Å². The maximum Gasteiger partial charge on any atom is 0.460 e. The summed E-state index contributed by atoms with van der Waals surface area (Å²) < 4.78 is 223. The molecule has 0 amide bonds. The number of rotatable bonds is 8. The lowest BCUT2D eigenvalue weighted by Gasteiger charge is -2.42. The van der Waals surface area contributed by atoms with Gasteiger partial charge in [0.25, 0.3) is 0 Å². The van der Waals surface area contributed by atoms with Crippen molar-refractivity contribution >= 4 is 33.3 Å². The highest BCUT2D eigenvalue weighted by Crippen LogP contribution is 2.64. The van der Waals surface area contributed by atoms with E-state index in [0.29, 0.717) is 11.3 Å². The second kappa shape index (κ2) is 8.15. The molecule has 0 aliphatic heterocycles. The molecule has 1 aromatic rings. The summed E-state index contributed by atoms with van der Waals surface area (Å²) >= 11 is 3.36. The van der Waals surface area contributed by atoms with Gasteiger partial charge in [-0.1, -0.05) is 6.08 Å². The predicted molar refractivity (Wildman–Crippen MR) is 81.7 cm³/mol. The molecule has 0 nitrogen and oxygen atoms in total. The fraction of sp³-hybridized carbons (Fsp3) is 0.571. The zero-order chi connectivity index (χ0) is 26.7. The molecule has 1 heterocycles. The molecule has 1 rings (SSSR count). The van der Waals surface area contributed by atoms with Crippen LogP contribution >= 0.6 is 27.3 Å². The maximum atomic E-state index is 13.6. The Morgan fingerprint density at radius 2 is 0.939 bits per heavy atom. The van der Waals surface area contributed by atoms with Crippen molar-refractivity contribution in [3.8, 4) is 0 Å². The molecule has 1 aromatic heterocycles. The Bertz CT molecular complexity index is 879. The minimum atomic E-state index is -8.62. The first kappa shape index (κ1) is 29.8. The van der Waals surface area contributed by atoms with Crippen molar-refractivity contribution in [2.45, 2.75) is 47.6 Å². The molecule has 0 N–H and O–H groups in total. The Morgan fingerprint density at radius 3 is 1.27 bits per heavy atom. The standard InChI is InChI=1S/C14H4BrF17S/c15-6-5(2-4-33-6)1-3-7(16,17)8(18,19)9(20,21)10(22,23)11(24,25)12(26,27)13(28,29)14(30,31)32/h1-4H/b3-1+. The summed E-state index contributed by atoms with van der Waals surface area (Å²) in [5.74, 6) is -56.4. The third-order valence-corrected chi connectivity index (χ3v) is 5.60. The number of hydrogen-bond acceptors (Lipinski definition) is 1. The van der Waals surface area contributed by atoms with E-state index in [1.54, 1.807) is 0 Å². The van der Waals surface area contributed by atoms with Gasteiger partial charge < -0.3 is 0 Å². The average molecular weight is 607 g/mol. The summed E-state index contributed by atoms with van der Waals surface area (Å²) in [6.07, 6.45) is -9.09. The normalized spacial score (nSPS) is 16.1. The van der Waals surface area contributed by atoms with Gasteiger partial charge in [0.2, 0.25) is 0 Å². The summed E-state index contributed by atoms with van der Waals surface area (Å²) in [5.41, 5.74) is -0.466. The van der Waals surface area contributed by atoms with E-state index < -0.39 is 59.3 Å². The van der Waals surface area contributed by atoms with Gasteiger partial charge >= 0.3 is 47.6 Å². The van der Waals surface area contributed by atoms with Crippen LogP contribution < -0.4 is 0 Å². The van der Waals surface area contributed by atoms with Crippen LogP contribution in [0.3, 0.4) is 0 Å². The summed E-state index contributed by atoms with van der Waals surface area (Å²) in [6.45, 7) is 0. The largest absolute Gasteiger partial charge is 0.460 e. The van der Waals surface area contributed by atoms with E-state index in [0.717, 1.165) is 11.4 Å². The molecule has 0 radical (unpaired) electrons. The van der Waals surface area contributed by atoms with Crippen molar-refractivity contribution in [3.05, 3.63) is 26.9 Å². The number of alkyl halides is 17. The molecule has 0 saturated heterocycles. The fourth-order valence-corrected chi connectivity index (χ4v) is 3.09. The Hall–Kier alpha value is -1.27. The Kier molecular flexibility index (Phi) is 7.35. The van der Waals surface area contributed by atoms with Crippen molar-refractivity contribution in [1.82, 2.24) is 0 Å². The van der Waals surface area contributed by atoms with Crippen molar-refractivity contribution in [1.29, 1.82) is 0 Å². The smallest absolute Gasteiger partial charge is 0.195 e. The summed E-state index contributed by atoms with van der Waals surface area (Å²) in [4.78, 5) is 0. The fourth-order valence-electron chi connectivity index (χ4n) is 1.90. The van der Waals surface area contributed by atoms with Gasteiger partial charge in [-0.3, -0.25) is 0 Å². The molecular weight excluding hydrogens is 603 g/mol. The Balaban J connectivity index is 3.59. The number of allylic oxidation sites excluding steroid dienone is 1. The summed E-state index contributed by atoms with van der Waals surface area (Å²) in [5, 5.41) is 1.10. The van der Waals surface area contributed by atoms with Gasteiger partial charge in [-0.15, -0.1) is 11.3 Å². The highest BCUT2D eigenvalue weighted by Gasteiger charge is 2.95. The molecule has 0 aliphatic rings. The first-order chi connectivity index (χ1) is 14.2. The van der Waals surface area contributed by atoms with Crippen LogP contribution in [0.15, 0.2) is 21.3 Å². The molecule has 19 heteroatoms. The van der Waals surface area contributed by atoms with E-state index in [1.807, 2.05) is 0 Å². The van der Waals surface area contributed by atoms with Gasteiger partial charge in [0.1, 0.15) is 0 Å². The molecule has 192 valence electrons. The molecular formula is C14H4BrF17S. The number of thiophene rings is 1. The summed E-state index contributed by atoms with van der Waals surface area (Å²) in [7, 11) is 0. The van der Waals surface area contributed by atoms with Gasteiger partial charge in [-0.2, -0.15) is 74.6 Å². The number of halogens is 18. The van der Waals surface area contributed by atoms with Crippen LogP contribution in [-0.4, -0.2) is 47.6 Å². The zero-order valence-electron chi connectivity index (χ0n) is 14.5. The number of hydrogen-bond donors (Lipinski definition) is 0. The lowest BCUT2D eigenvalue weighted by molar-refractivity contribution is -0.459. The minimum absolute atomic E-state index is 0.104. The Labute approximate surface area is 183 Å². The van der Waals surface area contributed by atoms with Gasteiger partial charge in [-0.05, 0) is 39.0 Å². The van der Waals surface area contributed by atoms with Crippen molar-refractivity contribution in [2.24, 2.45) is 0 Å². The SMILES string of the molecule is FC(F)(F)C(F)(F)C(F)(F)C(F)(F)C(F)(F)C(F)(F)C(F)(F)C(F)(F)/C=C/c1ccsc1Br. The molecule has 0 bridgehead atoms. The van der Waals surface area contributed by atoms with Gasteiger partial charge in [0.15, 0.2) is 0 Å². The van der Waals surface area contributed by atoms with E-state index >= 15 is 0 Å². The average Bonchev–Trinajstić information content (AvgIpc) is 3.03. The minimum Gasteiger partial charge on any atom is -0.195 e. The Morgan fingerprint density at radius 1 is 0.576 bits per heavy atom. The van der Waals surface area contributed by atoms with E-state index in [1.165, 1.54) is 0 Å². The molecule has 0 saturated carbocycles. The lowest BCUT2D eigenvalue weighted by Crippen LogP contribution is -2.74. The molecule has 33 heavy (non-hydrogen) atoms. The van der Waals surface area contributed by atoms with Crippen molar-refractivity contribution < 1.29 is 74.6 Å². The third-order valence-electron chi connectivity index (χ3n) is 3.86. The topological polar surface area (TPSA) is 0 Å². The van der Waals surface area contributed by atoms with Crippen LogP contribution in [-0.2, 0) is 0 Å². The van der Waals surface area contributed by atoms with E-state index in [9.17, 15) is 74.6 Å². The molecule has 0 atom stereocenters. The highest BCUT2D eigenvalue weighted by molar-refractivity contribution is 9.11. The molecule has 0 spiro atoms. The van der Waals surface area contributed by atoms with Crippen LogP contribution in [0.2, 0.25) is 0 Å². The van der Waals surface area contributed by atoms with Crippen LogP contribution in [0.5, 0.6) is 0 Å². The van der Waals surface area contributed by atoms with Crippen LogP contribution in [0, 0.1) is 0 Å². The predicted octanol–water partition coefficient (Wildman–Crippen LogP) is 8.53. The zero-order valence-corrected chi connectivity index (χ0v) is 16.9. The first-order valence-corrected chi connectivity index (χ1v) is 9.05. The lowest BCUT2D eigenvalue weighted by atomic mass is 9.89. The van der Waals surface area contributed by atoms with Gasteiger partial charge in [-0.25, -0.2) is 0 Å².